The molecule has 0 radical (unpaired) electrons. The van der Waals surface area contributed by atoms with Gasteiger partial charge in [-0.1, -0.05) is 13.3 Å². The minimum Gasteiger partial charge on any atom is -0.392 e. The molecule has 0 spiro atoms. The molecule has 15 heavy (non-hydrogen) atoms. The summed E-state index contributed by atoms with van der Waals surface area (Å²) in [7, 11) is 0. The van der Waals surface area contributed by atoms with Crippen LogP contribution < -0.4 is 5.32 Å². The maximum absolute atomic E-state index is 9.53. The van der Waals surface area contributed by atoms with Crippen LogP contribution in [0.4, 0.5) is 0 Å². The zero-order valence-electron chi connectivity index (χ0n) is 9.80. The molecule has 0 saturated heterocycles. The van der Waals surface area contributed by atoms with Crippen molar-refractivity contribution in [1.29, 1.82) is 0 Å². The van der Waals surface area contributed by atoms with E-state index in [-0.39, 0.29) is 6.10 Å². The number of hydrogen-bond acceptors (Lipinski definition) is 3. The molecule has 0 bridgehead atoms. The van der Waals surface area contributed by atoms with E-state index in [1.807, 2.05) is 13.8 Å². The van der Waals surface area contributed by atoms with Gasteiger partial charge in [-0.15, -0.1) is 0 Å². The Hall–Kier alpha value is -0.870. The van der Waals surface area contributed by atoms with Gasteiger partial charge in [0.25, 0.3) is 0 Å². The number of H-pyrrole nitrogens is 1. The van der Waals surface area contributed by atoms with Gasteiger partial charge in [0.2, 0.25) is 0 Å². The fourth-order valence-electron chi connectivity index (χ4n) is 1.63. The van der Waals surface area contributed by atoms with Crippen molar-refractivity contribution < 1.29 is 5.11 Å². The van der Waals surface area contributed by atoms with E-state index in [4.69, 9.17) is 0 Å². The van der Waals surface area contributed by atoms with Crippen molar-refractivity contribution in [2.45, 2.75) is 46.3 Å². The lowest BCUT2D eigenvalue weighted by Crippen LogP contribution is -2.26. The molecule has 4 heteroatoms. The van der Waals surface area contributed by atoms with Crippen molar-refractivity contribution >= 4 is 0 Å². The molecule has 1 heterocycles. The molecular weight excluding hydrogens is 190 g/mol. The molecule has 3 N–H and O–H groups in total. The summed E-state index contributed by atoms with van der Waals surface area (Å²) in [6, 6.07) is 0. The molecular formula is C11H21N3O. The average Bonchev–Trinajstić information content (AvgIpc) is 2.49. The Labute approximate surface area is 91.1 Å². The number of aliphatic hydroxyl groups excluding tert-OH is 1. The molecule has 0 aliphatic rings. The van der Waals surface area contributed by atoms with Gasteiger partial charge in [0.15, 0.2) is 0 Å². The Morgan fingerprint density at radius 3 is 2.73 bits per heavy atom. The average molecular weight is 211 g/mol. The maximum atomic E-state index is 9.53. The number of aliphatic hydroxyl groups is 1. The second-order valence-corrected chi connectivity index (χ2v) is 3.99. The Bertz CT molecular complexity index is 277. The van der Waals surface area contributed by atoms with E-state index in [1.54, 1.807) is 0 Å². The number of aryl methyl sites for hydroxylation is 2. The quantitative estimate of drug-likeness (QED) is 0.664. The van der Waals surface area contributed by atoms with E-state index in [0.29, 0.717) is 6.54 Å². The van der Waals surface area contributed by atoms with Crippen LogP contribution in [0, 0.1) is 13.8 Å². The molecule has 1 aromatic rings. The van der Waals surface area contributed by atoms with E-state index < -0.39 is 0 Å². The van der Waals surface area contributed by atoms with Crippen LogP contribution in [0.25, 0.3) is 0 Å². The SMILES string of the molecule is CCCC(O)CNCc1c(C)n[nH]c1C. The third-order valence-corrected chi connectivity index (χ3v) is 2.58. The van der Waals surface area contributed by atoms with Gasteiger partial charge in [0.05, 0.1) is 11.8 Å². The summed E-state index contributed by atoms with van der Waals surface area (Å²) in [6.45, 7) is 7.50. The lowest BCUT2D eigenvalue weighted by molar-refractivity contribution is 0.160. The Balaban J connectivity index is 2.31. The minimum absolute atomic E-state index is 0.234. The van der Waals surface area contributed by atoms with Gasteiger partial charge in [0, 0.05) is 24.3 Å². The van der Waals surface area contributed by atoms with E-state index in [0.717, 1.165) is 30.8 Å². The van der Waals surface area contributed by atoms with Crippen LogP contribution in [0.1, 0.15) is 36.7 Å². The predicted molar refractivity (Wildman–Crippen MR) is 60.7 cm³/mol. The van der Waals surface area contributed by atoms with Crippen molar-refractivity contribution in [1.82, 2.24) is 15.5 Å². The molecule has 1 atom stereocenters. The topological polar surface area (TPSA) is 60.9 Å². The smallest absolute Gasteiger partial charge is 0.0664 e. The van der Waals surface area contributed by atoms with Crippen LogP contribution in [-0.4, -0.2) is 28.0 Å². The molecule has 0 saturated carbocycles. The summed E-state index contributed by atoms with van der Waals surface area (Å²) in [5.41, 5.74) is 3.34. The Morgan fingerprint density at radius 1 is 1.47 bits per heavy atom. The Kier molecular flexibility index (Phi) is 4.78. The monoisotopic (exact) mass is 211 g/mol. The molecule has 0 aliphatic carbocycles. The first kappa shape index (κ1) is 12.2. The van der Waals surface area contributed by atoms with Crippen LogP contribution in [0.5, 0.6) is 0 Å². The zero-order chi connectivity index (χ0) is 11.3. The number of nitrogens with one attached hydrogen (secondary N) is 2. The van der Waals surface area contributed by atoms with Crippen molar-refractivity contribution in [3.63, 3.8) is 0 Å². The Morgan fingerprint density at radius 2 is 2.20 bits per heavy atom. The third-order valence-electron chi connectivity index (χ3n) is 2.58. The van der Waals surface area contributed by atoms with Crippen LogP contribution in [-0.2, 0) is 6.54 Å². The summed E-state index contributed by atoms with van der Waals surface area (Å²) in [5, 5.41) is 19.8. The van der Waals surface area contributed by atoms with Gasteiger partial charge in [-0.05, 0) is 20.3 Å². The fraction of sp³-hybridized carbons (Fsp3) is 0.727. The molecule has 0 fully saturated rings. The summed E-state index contributed by atoms with van der Waals surface area (Å²) in [5.74, 6) is 0. The third kappa shape index (κ3) is 3.64. The molecule has 0 aliphatic heterocycles. The van der Waals surface area contributed by atoms with Gasteiger partial charge in [-0.3, -0.25) is 5.10 Å². The molecule has 1 rings (SSSR count). The van der Waals surface area contributed by atoms with Crippen molar-refractivity contribution in [3.8, 4) is 0 Å². The van der Waals surface area contributed by atoms with Crippen LogP contribution >= 0.6 is 0 Å². The highest BCUT2D eigenvalue weighted by atomic mass is 16.3. The molecule has 0 aromatic carbocycles. The second-order valence-electron chi connectivity index (χ2n) is 3.99. The first-order valence-electron chi connectivity index (χ1n) is 5.54. The first-order valence-corrected chi connectivity index (χ1v) is 5.54. The van der Waals surface area contributed by atoms with Gasteiger partial charge in [-0.2, -0.15) is 5.10 Å². The van der Waals surface area contributed by atoms with Crippen molar-refractivity contribution in [2.75, 3.05) is 6.54 Å². The van der Waals surface area contributed by atoms with Crippen molar-refractivity contribution in [2.24, 2.45) is 0 Å². The lowest BCUT2D eigenvalue weighted by atomic mass is 10.2. The molecule has 86 valence electrons. The highest BCUT2D eigenvalue weighted by Gasteiger charge is 2.06. The highest BCUT2D eigenvalue weighted by Crippen LogP contribution is 2.08. The fourth-order valence-corrected chi connectivity index (χ4v) is 1.63. The van der Waals surface area contributed by atoms with Crippen molar-refractivity contribution in [3.05, 3.63) is 17.0 Å². The zero-order valence-corrected chi connectivity index (χ0v) is 9.80. The number of aromatic amines is 1. The predicted octanol–water partition coefficient (Wildman–Crippen LogP) is 1.28. The second kappa shape index (κ2) is 5.88. The molecule has 0 amide bonds. The summed E-state index contributed by atoms with van der Waals surface area (Å²) in [4.78, 5) is 0. The molecule has 4 nitrogen and oxygen atoms in total. The number of aromatic nitrogens is 2. The lowest BCUT2D eigenvalue weighted by Gasteiger charge is -2.10. The first-order chi connectivity index (χ1) is 7.15. The standard InChI is InChI=1S/C11H21N3O/c1-4-5-10(15)6-12-7-11-8(2)13-14-9(11)3/h10,12,15H,4-7H2,1-3H3,(H,13,14). The van der Waals surface area contributed by atoms with Gasteiger partial charge >= 0.3 is 0 Å². The van der Waals surface area contributed by atoms with Crippen LogP contribution in [0.15, 0.2) is 0 Å². The molecule has 1 aromatic heterocycles. The van der Waals surface area contributed by atoms with Crippen LogP contribution in [0.3, 0.4) is 0 Å². The summed E-state index contributed by atoms with van der Waals surface area (Å²) in [6.07, 6.45) is 1.64. The van der Waals surface area contributed by atoms with Gasteiger partial charge < -0.3 is 10.4 Å². The highest BCUT2D eigenvalue weighted by molar-refractivity contribution is 5.22. The van der Waals surface area contributed by atoms with E-state index in [2.05, 4.69) is 22.4 Å². The van der Waals surface area contributed by atoms with E-state index in [9.17, 15) is 5.11 Å². The van der Waals surface area contributed by atoms with Gasteiger partial charge in [0.1, 0.15) is 0 Å². The summed E-state index contributed by atoms with van der Waals surface area (Å²) >= 11 is 0. The number of hydrogen-bond donors (Lipinski definition) is 3. The van der Waals surface area contributed by atoms with Gasteiger partial charge in [-0.25, -0.2) is 0 Å². The number of nitrogens with zero attached hydrogens (tertiary/aromatic N) is 1. The number of rotatable bonds is 6. The molecule has 1 unspecified atom stereocenters. The van der Waals surface area contributed by atoms with E-state index in [1.165, 1.54) is 5.56 Å². The normalized spacial score (nSPS) is 13.1. The van der Waals surface area contributed by atoms with Crippen LogP contribution in [0.2, 0.25) is 0 Å². The largest absolute Gasteiger partial charge is 0.392 e. The maximum Gasteiger partial charge on any atom is 0.0664 e. The van der Waals surface area contributed by atoms with E-state index >= 15 is 0 Å². The summed E-state index contributed by atoms with van der Waals surface area (Å²) < 4.78 is 0. The minimum atomic E-state index is -0.234.